The molecule has 0 saturated carbocycles. The fourth-order valence-corrected chi connectivity index (χ4v) is 1.32. The van der Waals surface area contributed by atoms with Crippen LogP contribution in [0.3, 0.4) is 0 Å². The summed E-state index contributed by atoms with van der Waals surface area (Å²) in [6.45, 7) is 3.77. The maximum absolute atomic E-state index is 13.6. The molecule has 0 aliphatic carbocycles. The van der Waals surface area contributed by atoms with Crippen LogP contribution in [0.4, 0.5) is 4.39 Å². The quantitative estimate of drug-likeness (QED) is 0.871. The predicted molar refractivity (Wildman–Crippen MR) is 65.8 cm³/mol. The van der Waals surface area contributed by atoms with Crippen molar-refractivity contribution in [1.29, 1.82) is 0 Å². The number of hydrogen-bond donors (Lipinski definition) is 1. The number of benzene rings is 1. The Morgan fingerprint density at radius 1 is 1.56 bits per heavy atom. The van der Waals surface area contributed by atoms with Gasteiger partial charge in [0, 0.05) is 13.6 Å². The van der Waals surface area contributed by atoms with Crippen LogP contribution in [0.15, 0.2) is 18.2 Å². The molecule has 18 heavy (non-hydrogen) atoms. The van der Waals surface area contributed by atoms with Crippen molar-refractivity contribution < 1.29 is 19.0 Å². The fourth-order valence-electron chi connectivity index (χ4n) is 1.32. The van der Waals surface area contributed by atoms with Crippen LogP contribution in [-0.4, -0.2) is 36.1 Å². The molecule has 0 aliphatic heterocycles. The summed E-state index contributed by atoms with van der Waals surface area (Å²) in [7, 11) is 1.65. The average Bonchev–Trinajstić information content (AvgIpc) is 2.35. The largest absolute Gasteiger partial charge is 0.481 e. The molecular weight excluding hydrogens is 237 g/mol. The van der Waals surface area contributed by atoms with Gasteiger partial charge in [0.2, 0.25) is 0 Å². The van der Waals surface area contributed by atoms with Crippen molar-refractivity contribution in [3.05, 3.63) is 29.6 Å². The first-order valence-electron chi connectivity index (χ1n) is 5.80. The number of amides is 1. The number of aliphatic hydroxyl groups excluding tert-OH is 1. The molecule has 0 aromatic heterocycles. The summed E-state index contributed by atoms with van der Waals surface area (Å²) in [6, 6.07) is 4.18. The first-order valence-corrected chi connectivity index (χ1v) is 5.80. The van der Waals surface area contributed by atoms with Gasteiger partial charge in [0.15, 0.2) is 18.2 Å². The third kappa shape index (κ3) is 3.70. The van der Waals surface area contributed by atoms with Crippen molar-refractivity contribution in [3.8, 4) is 5.75 Å². The van der Waals surface area contributed by atoms with E-state index in [9.17, 15) is 14.3 Å². The third-order valence-corrected chi connectivity index (χ3v) is 2.69. The molecule has 0 radical (unpaired) electrons. The molecule has 1 unspecified atom stereocenters. The monoisotopic (exact) mass is 255 g/mol. The van der Waals surface area contributed by atoms with Crippen molar-refractivity contribution in [2.45, 2.75) is 20.0 Å². The molecule has 0 saturated heterocycles. The molecular formula is C13H18FNO3. The maximum atomic E-state index is 13.6. The molecule has 1 amide bonds. The highest BCUT2D eigenvalue weighted by Gasteiger charge is 2.11. The normalized spacial score (nSPS) is 12.1. The number of carbonyl (C=O) groups is 1. The number of carbonyl (C=O) groups excluding carboxylic acids is 1. The van der Waals surface area contributed by atoms with E-state index in [-0.39, 0.29) is 18.3 Å². The van der Waals surface area contributed by atoms with Crippen molar-refractivity contribution >= 4 is 5.91 Å². The number of halogens is 1. The Morgan fingerprint density at radius 3 is 2.72 bits per heavy atom. The lowest BCUT2D eigenvalue weighted by Gasteiger charge is -2.15. The Morgan fingerprint density at radius 2 is 2.22 bits per heavy atom. The molecule has 1 aromatic rings. The van der Waals surface area contributed by atoms with E-state index in [0.29, 0.717) is 12.1 Å². The Hall–Kier alpha value is -1.62. The lowest BCUT2D eigenvalue weighted by molar-refractivity contribution is -0.131. The van der Waals surface area contributed by atoms with E-state index >= 15 is 0 Å². The van der Waals surface area contributed by atoms with Crippen LogP contribution in [0.25, 0.3) is 0 Å². The summed E-state index contributed by atoms with van der Waals surface area (Å²) < 4.78 is 18.7. The SMILES string of the molecule is CCN(C)C(=O)COc1ccc(C(C)O)cc1F. The molecule has 0 spiro atoms. The molecule has 1 aromatic carbocycles. The molecule has 1 atom stereocenters. The van der Waals surface area contributed by atoms with Crippen LogP contribution in [0.5, 0.6) is 5.75 Å². The lowest BCUT2D eigenvalue weighted by atomic mass is 10.1. The van der Waals surface area contributed by atoms with Crippen LogP contribution in [0.2, 0.25) is 0 Å². The van der Waals surface area contributed by atoms with E-state index in [1.807, 2.05) is 6.92 Å². The number of aliphatic hydroxyl groups is 1. The zero-order valence-electron chi connectivity index (χ0n) is 10.8. The van der Waals surface area contributed by atoms with Crippen LogP contribution >= 0.6 is 0 Å². The highest BCUT2D eigenvalue weighted by Crippen LogP contribution is 2.21. The van der Waals surface area contributed by atoms with Gasteiger partial charge < -0.3 is 14.7 Å². The van der Waals surface area contributed by atoms with Gasteiger partial charge in [-0.05, 0) is 31.5 Å². The van der Waals surface area contributed by atoms with E-state index < -0.39 is 11.9 Å². The van der Waals surface area contributed by atoms with Crippen LogP contribution in [0, 0.1) is 5.82 Å². The molecule has 0 heterocycles. The number of ether oxygens (including phenoxy) is 1. The van der Waals surface area contributed by atoms with Crippen molar-refractivity contribution in [2.75, 3.05) is 20.2 Å². The number of hydrogen-bond acceptors (Lipinski definition) is 3. The minimum atomic E-state index is -0.735. The van der Waals surface area contributed by atoms with Gasteiger partial charge in [-0.25, -0.2) is 4.39 Å². The average molecular weight is 255 g/mol. The minimum Gasteiger partial charge on any atom is -0.481 e. The second-order valence-corrected chi connectivity index (χ2v) is 4.06. The van der Waals surface area contributed by atoms with Gasteiger partial charge in [-0.3, -0.25) is 4.79 Å². The first kappa shape index (κ1) is 14.4. The molecule has 100 valence electrons. The highest BCUT2D eigenvalue weighted by atomic mass is 19.1. The molecule has 0 aliphatic rings. The lowest BCUT2D eigenvalue weighted by Crippen LogP contribution is -2.31. The van der Waals surface area contributed by atoms with E-state index in [4.69, 9.17) is 4.74 Å². The van der Waals surface area contributed by atoms with Crippen molar-refractivity contribution in [3.63, 3.8) is 0 Å². The minimum absolute atomic E-state index is 0.0113. The Bertz CT molecular complexity index is 421. The molecule has 0 bridgehead atoms. The number of rotatable bonds is 5. The van der Waals surface area contributed by atoms with Crippen molar-refractivity contribution in [1.82, 2.24) is 4.90 Å². The molecule has 1 rings (SSSR count). The second kappa shape index (κ2) is 6.35. The van der Waals surface area contributed by atoms with E-state index in [0.717, 1.165) is 0 Å². The van der Waals surface area contributed by atoms with Crippen LogP contribution in [-0.2, 0) is 4.79 Å². The standard InChI is InChI=1S/C13H18FNO3/c1-4-15(3)13(17)8-18-12-6-5-10(9(2)16)7-11(12)14/h5-7,9,16H,4,8H2,1-3H3. The molecule has 5 heteroatoms. The zero-order chi connectivity index (χ0) is 13.7. The fraction of sp³-hybridized carbons (Fsp3) is 0.462. The number of nitrogens with zero attached hydrogens (tertiary/aromatic N) is 1. The summed E-state index contributed by atoms with van der Waals surface area (Å²) >= 11 is 0. The Kier molecular flexibility index (Phi) is 5.09. The second-order valence-electron chi connectivity index (χ2n) is 4.06. The zero-order valence-corrected chi connectivity index (χ0v) is 10.8. The number of likely N-dealkylation sites (N-methyl/N-ethyl adjacent to an activating group) is 1. The van der Waals surface area contributed by atoms with E-state index in [1.54, 1.807) is 20.0 Å². The van der Waals surface area contributed by atoms with Gasteiger partial charge in [0.1, 0.15) is 0 Å². The van der Waals surface area contributed by atoms with Gasteiger partial charge in [-0.2, -0.15) is 0 Å². The molecule has 4 nitrogen and oxygen atoms in total. The maximum Gasteiger partial charge on any atom is 0.260 e. The van der Waals surface area contributed by atoms with Gasteiger partial charge in [-0.15, -0.1) is 0 Å². The topological polar surface area (TPSA) is 49.8 Å². The predicted octanol–water partition coefficient (Wildman–Crippen LogP) is 1.74. The van der Waals surface area contributed by atoms with E-state index in [2.05, 4.69) is 0 Å². The van der Waals surface area contributed by atoms with Gasteiger partial charge >= 0.3 is 0 Å². The Balaban J connectivity index is 2.66. The Labute approximate surface area is 106 Å². The first-order chi connectivity index (χ1) is 8.45. The van der Waals surface area contributed by atoms with E-state index in [1.165, 1.54) is 17.0 Å². The summed E-state index contributed by atoms with van der Waals surface area (Å²) in [5.41, 5.74) is 0.469. The summed E-state index contributed by atoms with van der Waals surface area (Å²) in [6.07, 6.45) is -0.735. The van der Waals surface area contributed by atoms with Gasteiger partial charge in [0.05, 0.1) is 6.10 Å². The van der Waals surface area contributed by atoms with Crippen LogP contribution in [0.1, 0.15) is 25.5 Å². The smallest absolute Gasteiger partial charge is 0.260 e. The van der Waals surface area contributed by atoms with Crippen LogP contribution < -0.4 is 4.74 Å². The molecule has 1 N–H and O–H groups in total. The third-order valence-electron chi connectivity index (χ3n) is 2.69. The van der Waals surface area contributed by atoms with Crippen molar-refractivity contribution in [2.24, 2.45) is 0 Å². The van der Waals surface area contributed by atoms with Gasteiger partial charge in [0.25, 0.3) is 5.91 Å². The molecule has 0 fully saturated rings. The summed E-state index contributed by atoms with van der Waals surface area (Å²) in [5, 5.41) is 9.29. The highest BCUT2D eigenvalue weighted by molar-refractivity contribution is 5.77. The summed E-state index contributed by atoms with van der Waals surface area (Å²) in [5.74, 6) is -0.783. The summed E-state index contributed by atoms with van der Waals surface area (Å²) in [4.78, 5) is 13.0. The van der Waals surface area contributed by atoms with Gasteiger partial charge in [-0.1, -0.05) is 6.07 Å².